The van der Waals surface area contributed by atoms with Crippen molar-refractivity contribution < 1.29 is 14.4 Å². The first-order valence-electron chi connectivity index (χ1n) is 8.74. The van der Waals surface area contributed by atoms with Gasteiger partial charge in [0.1, 0.15) is 6.04 Å². The van der Waals surface area contributed by atoms with Crippen molar-refractivity contribution >= 4 is 6.09 Å². The quantitative estimate of drug-likeness (QED) is 0.918. The summed E-state index contributed by atoms with van der Waals surface area (Å²) in [5.74, 6) is 0. The molecule has 2 aromatic rings. The monoisotopic (exact) mass is 323 g/mol. The third kappa shape index (κ3) is 2.47. The van der Waals surface area contributed by atoms with E-state index >= 15 is 0 Å². The van der Waals surface area contributed by atoms with Crippen LogP contribution in [0.25, 0.3) is 11.1 Å². The first-order valence-corrected chi connectivity index (χ1v) is 8.74. The van der Waals surface area contributed by atoms with Crippen LogP contribution in [-0.2, 0) is 4.74 Å². The molecule has 0 aromatic heterocycles. The van der Waals surface area contributed by atoms with Crippen LogP contribution in [-0.4, -0.2) is 43.8 Å². The molecule has 1 N–H and O–H groups in total. The Kier molecular flexibility index (Phi) is 3.98. The molecule has 0 radical (unpaired) electrons. The molecule has 1 heterocycles. The predicted molar refractivity (Wildman–Crippen MR) is 93.0 cm³/mol. The minimum atomic E-state index is -0.177. The smallest absolute Gasteiger partial charge is 0.410 e. The number of quaternary nitrogens is 1. The zero-order chi connectivity index (χ0) is 16.5. The molecule has 4 nitrogen and oxygen atoms in total. The number of piperazine rings is 1. The van der Waals surface area contributed by atoms with Gasteiger partial charge in [-0.25, -0.2) is 4.79 Å². The van der Waals surface area contributed by atoms with Crippen LogP contribution in [0.1, 0.15) is 24.1 Å². The molecule has 2 aromatic carbocycles. The van der Waals surface area contributed by atoms with Gasteiger partial charge in [0.15, 0.2) is 0 Å². The second kappa shape index (κ2) is 6.29. The summed E-state index contributed by atoms with van der Waals surface area (Å²) in [5.41, 5.74) is 5.55. The minimum absolute atomic E-state index is 0.177. The van der Waals surface area contributed by atoms with Gasteiger partial charge in [-0.2, -0.15) is 0 Å². The van der Waals surface area contributed by atoms with Gasteiger partial charge in [0.05, 0.1) is 32.8 Å². The van der Waals surface area contributed by atoms with E-state index in [1.807, 2.05) is 11.8 Å². The number of hydrogen-bond donors (Lipinski definition) is 1. The number of benzene rings is 2. The fourth-order valence-corrected chi connectivity index (χ4v) is 4.08. The molecule has 4 heteroatoms. The largest absolute Gasteiger partial charge is 0.450 e. The number of amides is 1. The van der Waals surface area contributed by atoms with Gasteiger partial charge in [-0.1, -0.05) is 48.5 Å². The molecule has 24 heavy (non-hydrogen) atoms. The van der Waals surface area contributed by atoms with Crippen molar-refractivity contribution in [3.63, 3.8) is 0 Å². The molecule has 1 saturated heterocycles. The van der Waals surface area contributed by atoms with Crippen LogP contribution in [0.15, 0.2) is 48.5 Å². The molecule has 1 fully saturated rings. The number of nitrogens with one attached hydrogen (secondary N) is 1. The van der Waals surface area contributed by atoms with Gasteiger partial charge in [0.25, 0.3) is 0 Å². The van der Waals surface area contributed by atoms with Gasteiger partial charge in [0.2, 0.25) is 0 Å². The highest BCUT2D eigenvalue weighted by Gasteiger charge is 2.38. The van der Waals surface area contributed by atoms with Gasteiger partial charge >= 0.3 is 6.09 Å². The van der Waals surface area contributed by atoms with E-state index in [4.69, 9.17) is 4.74 Å². The predicted octanol–water partition coefficient (Wildman–Crippen LogP) is 2.11. The summed E-state index contributed by atoms with van der Waals surface area (Å²) in [7, 11) is 0. The molecule has 0 unspecified atom stereocenters. The molecule has 0 saturated carbocycles. The van der Waals surface area contributed by atoms with Gasteiger partial charge in [0, 0.05) is 11.1 Å². The van der Waals surface area contributed by atoms with Crippen molar-refractivity contribution in [3.8, 4) is 11.1 Å². The van der Waals surface area contributed by atoms with E-state index in [0.29, 0.717) is 12.6 Å². The summed E-state index contributed by atoms with van der Waals surface area (Å²) in [6, 6.07) is 17.8. The second-order valence-corrected chi connectivity index (χ2v) is 6.45. The summed E-state index contributed by atoms with van der Waals surface area (Å²) in [6.07, 6.45) is -0.177. The third-order valence-corrected chi connectivity index (χ3v) is 5.17. The summed E-state index contributed by atoms with van der Waals surface area (Å²) < 4.78 is 5.13. The number of carbonyl (C=O) groups excluding carboxylic acids is 1. The average molecular weight is 323 g/mol. The zero-order valence-corrected chi connectivity index (χ0v) is 14.0. The van der Waals surface area contributed by atoms with Crippen molar-refractivity contribution in [2.75, 3.05) is 32.8 Å². The maximum absolute atomic E-state index is 11.9. The number of hydrogen-bond acceptors (Lipinski definition) is 2. The molecular weight excluding hydrogens is 300 g/mol. The number of ether oxygens (including phenoxy) is 1. The summed E-state index contributed by atoms with van der Waals surface area (Å²) in [5, 5.41) is 0. The average Bonchev–Trinajstić information content (AvgIpc) is 2.97. The van der Waals surface area contributed by atoms with E-state index in [-0.39, 0.29) is 6.09 Å². The van der Waals surface area contributed by atoms with Crippen molar-refractivity contribution in [2.24, 2.45) is 0 Å². The lowest BCUT2D eigenvalue weighted by molar-refractivity contribution is -0.929. The standard InChI is InChI=1S/C20H22N2O2/c1-2-24-20(23)22-13-11-21(12-14-22)19-17-9-5-3-7-15(17)16-8-4-6-10-18(16)19/h3-10,19H,2,11-14H2,1H3/p+1. The maximum atomic E-state index is 11.9. The Hall–Kier alpha value is -2.33. The topological polar surface area (TPSA) is 34.0 Å². The van der Waals surface area contributed by atoms with Crippen molar-refractivity contribution in [1.82, 2.24) is 4.90 Å². The fourth-order valence-electron chi connectivity index (χ4n) is 4.08. The number of nitrogens with zero attached hydrogens (tertiary/aromatic N) is 1. The van der Waals surface area contributed by atoms with E-state index in [1.54, 1.807) is 0 Å². The Labute approximate surface area is 142 Å². The number of fused-ring (bicyclic) bond motifs is 3. The maximum Gasteiger partial charge on any atom is 0.410 e. The molecule has 4 rings (SSSR count). The highest BCUT2D eigenvalue weighted by Crippen LogP contribution is 2.41. The molecule has 124 valence electrons. The first kappa shape index (κ1) is 15.2. The van der Waals surface area contributed by atoms with Crippen molar-refractivity contribution in [2.45, 2.75) is 13.0 Å². The van der Waals surface area contributed by atoms with Crippen molar-refractivity contribution in [3.05, 3.63) is 59.7 Å². The lowest BCUT2D eigenvalue weighted by Gasteiger charge is -2.35. The molecule has 0 spiro atoms. The van der Waals surface area contributed by atoms with Gasteiger partial charge < -0.3 is 9.64 Å². The van der Waals surface area contributed by atoms with Crippen molar-refractivity contribution in [1.29, 1.82) is 0 Å². The van der Waals surface area contributed by atoms with E-state index < -0.39 is 0 Å². The van der Waals surface area contributed by atoms with Crippen LogP contribution in [0.3, 0.4) is 0 Å². The van der Waals surface area contributed by atoms with Crippen LogP contribution < -0.4 is 4.90 Å². The Morgan fingerprint density at radius 1 is 1.04 bits per heavy atom. The van der Waals surface area contributed by atoms with E-state index in [9.17, 15) is 4.79 Å². The highest BCUT2D eigenvalue weighted by atomic mass is 16.6. The summed E-state index contributed by atoms with van der Waals surface area (Å²) >= 11 is 0. The summed E-state index contributed by atoms with van der Waals surface area (Å²) in [6.45, 7) is 5.71. The molecule has 2 aliphatic rings. The minimum Gasteiger partial charge on any atom is -0.450 e. The molecule has 1 amide bonds. The third-order valence-electron chi connectivity index (χ3n) is 5.17. The van der Waals surface area contributed by atoms with Crippen LogP contribution in [0.5, 0.6) is 0 Å². The van der Waals surface area contributed by atoms with E-state index in [0.717, 1.165) is 26.2 Å². The lowest BCUT2D eigenvalue weighted by atomic mass is 10.0. The van der Waals surface area contributed by atoms with E-state index in [2.05, 4.69) is 48.5 Å². The molecule has 0 bridgehead atoms. The molecule has 0 atom stereocenters. The second-order valence-electron chi connectivity index (χ2n) is 6.45. The molecular formula is C20H23N2O2+. The molecule has 1 aliphatic heterocycles. The van der Waals surface area contributed by atoms with Crippen LogP contribution in [0, 0.1) is 0 Å². The zero-order valence-electron chi connectivity index (χ0n) is 14.0. The van der Waals surface area contributed by atoms with Crippen LogP contribution in [0.4, 0.5) is 4.79 Å². The fraction of sp³-hybridized carbons (Fsp3) is 0.350. The Morgan fingerprint density at radius 2 is 1.58 bits per heavy atom. The highest BCUT2D eigenvalue weighted by molar-refractivity contribution is 5.77. The van der Waals surface area contributed by atoms with Gasteiger partial charge in [-0.15, -0.1) is 0 Å². The van der Waals surface area contributed by atoms with E-state index in [1.165, 1.54) is 27.2 Å². The Bertz CT molecular complexity index is 705. The number of carbonyl (C=O) groups is 1. The van der Waals surface area contributed by atoms with Crippen LogP contribution in [0.2, 0.25) is 0 Å². The normalized spacial score (nSPS) is 17.5. The first-order chi connectivity index (χ1) is 11.8. The lowest BCUT2D eigenvalue weighted by Crippen LogP contribution is -3.15. The summed E-state index contributed by atoms with van der Waals surface area (Å²) in [4.78, 5) is 15.3. The van der Waals surface area contributed by atoms with Crippen LogP contribution >= 0.6 is 0 Å². The van der Waals surface area contributed by atoms with Gasteiger partial charge in [-0.3, -0.25) is 4.90 Å². The molecule has 1 aliphatic carbocycles. The SMILES string of the molecule is CCOC(=O)N1CC[NH+](C2c3ccccc3-c3ccccc32)CC1. The Morgan fingerprint density at radius 3 is 2.12 bits per heavy atom. The van der Waals surface area contributed by atoms with Gasteiger partial charge in [-0.05, 0) is 18.1 Å². The number of rotatable bonds is 2. The Balaban J connectivity index is 1.58.